The van der Waals surface area contributed by atoms with E-state index in [0.29, 0.717) is 18.0 Å². The van der Waals surface area contributed by atoms with E-state index in [2.05, 4.69) is 15.5 Å². The SMILES string of the molecule is O=[N+]([O-])c1ccc(Nc2nnc(Cc3cccs3)o2)cc1. The van der Waals surface area contributed by atoms with E-state index in [1.165, 1.54) is 12.1 Å². The van der Waals surface area contributed by atoms with Crippen molar-refractivity contribution in [3.8, 4) is 0 Å². The summed E-state index contributed by atoms with van der Waals surface area (Å²) in [5, 5.41) is 23.3. The van der Waals surface area contributed by atoms with Crippen molar-refractivity contribution < 1.29 is 9.34 Å². The highest BCUT2D eigenvalue weighted by atomic mass is 32.1. The predicted molar refractivity (Wildman–Crippen MR) is 77.8 cm³/mol. The molecule has 0 aliphatic heterocycles. The van der Waals surface area contributed by atoms with Gasteiger partial charge in [0.15, 0.2) is 0 Å². The van der Waals surface area contributed by atoms with Crippen molar-refractivity contribution >= 4 is 28.7 Å². The highest BCUT2D eigenvalue weighted by Gasteiger charge is 2.09. The summed E-state index contributed by atoms with van der Waals surface area (Å²) in [4.78, 5) is 11.3. The molecule has 3 rings (SSSR count). The van der Waals surface area contributed by atoms with E-state index >= 15 is 0 Å². The molecule has 0 aliphatic carbocycles. The van der Waals surface area contributed by atoms with Gasteiger partial charge >= 0.3 is 6.01 Å². The van der Waals surface area contributed by atoms with Gasteiger partial charge in [0, 0.05) is 22.7 Å². The maximum absolute atomic E-state index is 10.6. The van der Waals surface area contributed by atoms with Gasteiger partial charge in [0.05, 0.1) is 11.3 Å². The fraction of sp³-hybridized carbons (Fsp3) is 0.0769. The average Bonchev–Trinajstić information content (AvgIpc) is 3.12. The minimum absolute atomic E-state index is 0.0319. The fourth-order valence-electron chi connectivity index (χ4n) is 1.73. The fourth-order valence-corrected chi connectivity index (χ4v) is 2.42. The van der Waals surface area contributed by atoms with Crippen molar-refractivity contribution in [2.24, 2.45) is 0 Å². The second-order valence-electron chi connectivity index (χ2n) is 4.19. The normalized spacial score (nSPS) is 10.5. The Hall–Kier alpha value is -2.74. The van der Waals surface area contributed by atoms with Gasteiger partial charge in [-0.15, -0.1) is 16.4 Å². The Balaban J connectivity index is 1.67. The molecule has 21 heavy (non-hydrogen) atoms. The van der Waals surface area contributed by atoms with Gasteiger partial charge in [0.1, 0.15) is 0 Å². The maximum atomic E-state index is 10.6. The standard InChI is InChI=1S/C13H10N4O3S/c18-17(19)10-5-3-9(4-6-10)14-13-16-15-12(20-13)8-11-2-1-7-21-11/h1-7H,8H2,(H,14,16). The Bertz CT molecular complexity index is 737. The molecule has 8 heteroatoms. The van der Waals surface area contributed by atoms with Gasteiger partial charge in [0.25, 0.3) is 5.69 Å². The first-order chi connectivity index (χ1) is 10.2. The molecule has 2 heterocycles. The Morgan fingerprint density at radius 3 is 2.71 bits per heavy atom. The van der Waals surface area contributed by atoms with Crippen LogP contribution >= 0.6 is 11.3 Å². The Labute approximate surface area is 123 Å². The summed E-state index contributed by atoms with van der Waals surface area (Å²) in [5.41, 5.74) is 0.677. The first-order valence-electron chi connectivity index (χ1n) is 6.07. The second kappa shape index (κ2) is 5.71. The number of nitro benzene ring substituents is 1. The number of non-ortho nitro benzene ring substituents is 1. The third-order valence-electron chi connectivity index (χ3n) is 2.70. The van der Waals surface area contributed by atoms with Gasteiger partial charge in [-0.25, -0.2) is 0 Å². The van der Waals surface area contributed by atoms with Crippen LogP contribution in [0.25, 0.3) is 0 Å². The summed E-state index contributed by atoms with van der Waals surface area (Å²) in [6, 6.07) is 10.2. The number of rotatable bonds is 5. The summed E-state index contributed by atoms with van der Waals surface area (Å²) in [6.07, 6.45) is 0.590. The third kappa shape index (κ3) is 3.23. The van der Waals surface area contributed by atoms with Crippen molar-refractivity contribution in [2.75, 3.05) is 5.32 Å². The van der Waals surface area contributed by atoms with Crippen LogP contribution in [0.15, 0.2) is 46.2 Å². The lowest BCUT2D eigenvalue weighted by Gasteiger charge is -1.99. The van der Waals surface area contributed by atoms with Crippen molar-refractivity contribution in [3.05, 3.63) is 62.7 Å². The highest BCUT2D eigenvalue weighted by molar-refractivity contribution is 7.09. The lowest BCUT2D eigenvalue weighted by Crippen LogP contribution is -1.92. The number of thiophene rings is 1. The first kappa shape index (κ1) is 13.3. The van der Waals surface area contributed by atoms with Crippen LogP contribution in [0.1, 0.15) is 10.8 Å². The molecule has 0 amide bonds. The van der Waals surface area contributed by atoms with E-state index in [1.54, 1.807) is 23.5 Å². The van der Waals surface area contributed by atoms with Crippen LogP contribution in [0, 0.1) is 10.1 Å². The summed E-state index contributed by atoms with van der Waals surface area (Å²) in [7, 11) is 0. The van der Waals surface area contributed by atoms with Crippen LogP contribution in [-0.4, -0.2) is 15.1 Å². The molecule has 0 atom stereocenters. The average molecular weight is 302 g/mol. The van der Waals surface area contributed by atoms with Crippen molar-refractivity contribution in [3.63, 3.8) is 0 Å². The Kier molecular flexibility index (Phi) is 3.61. The number of benzene rings is 1. The molecular weight excluding hydrogens is 292 g/mol. The Morgan fingerprint density at radius 2 is 2.05 bits per heavy atom. The maximum Gasteiger partial charge on any atom is 0.320 e. The summed E-state index contributed by atoms with van der Waals surface area (Å²) in [6.45, 7) is 0. The first-order valence-corrected chi connectivity index (χ1v) is 6.95. The van der Waals surface area contributed by atoms with Crippen LogP contribution < -0.4 is 5.32 Å². The smallest absolute Gasteiger partial charge is 0.320 e. The number of nitrogens with one attached hydrogen (secondary N) is 1. The summed E-state index contributed by atoms with van der Waals surface area (Å²) < 4.78 is 5.48. The topological polar surface area (TPSA) is 94.1 Å². The summed E-state index contributed by atoms with van der Waals surface area (Å²) in [5.74, 6) is 0.516. The molecule has 1 aromatic carbocycles. The van der Waals surface area contributed by atoms with Crippen LogP contribution in [0.2, 0.25) is 0 Å². The monoisotopic (exact) mass is 302 g/mol. The molecule has 0 unspecified atom stereocenters. The molecule has 0 radical (unpaired) electrons. The quantitative estimate of drug-likeness (QED) is 0.573. The number of hydrogen-bond acceptors (Lipinski definition) is 7. The minimum atomic E-state index is -0.449. The Morgan fingerprint density at radius 1 is 1.24 bits per heavy atom. The van der Waals surface area contributed by atoms with E-state index in [9.17, 15) is 10.1 Å². The van der Waals surface area contributed by atoms with Gasteiger partial charge in [-0.2, -0.15) is 0 Å². The molecule has 1 N–H and O–H groups in total. The van der Waals surface area contributed by atoms with Gasteiger partial charge < -0.3 is 9.73 Å². The number of nitrogens with zero attached hydrogens (tertiary/aromatic N) is 3. The van der Waals surface area contributed by atoms with E-state index in [1.807, 2.05) is 17.5 Å². The van der Waals surface area contributed by atoms with E-state index in [0.717, 1.165) is 4.88 Å². The molecule has 7 nitrogen and oxygen atoms in total. The van der Waals surface area contributed by atoms with Crippen LogP contribution in [-0.2, 0) is 6.42 Å². The lowest BCUT2D eigenvalue weighted by molar-refractivity contribution is -0.384. The molecular formula is C13H10N4O3S. The molecule has 0 saturated heterocycles. The van der Waals surface area contributed by atoms with Crippen molar-refractivity contribution in [1.82, 2.24) is 10.2 Å². The second-order valence-corrected chi connectivity index (χ2v) is 5.22. The molecule has 0 spiro atoms. The third-order valence-corrected chi connectivity index (χ3v) is 3.58. The molecule has 2 aromatic heterocycles. The van der Waals surface area contributed by atoms with Crippen molar-refractivity contribution in [2.45, 2.75) is 6.42 Å². The number of hydrogen-bond donors (Lipinski definition) is 1. The largest absolute Gasteiger partial charge is 0.408 e. The predicted octanol–water partition coefficient (Wildman–Crippen LogP) is 3.37. The molecule has 106 valence electrons. The van der Waals surface area contributed by atoms with Crippen LogP contribution in [0.4, 0.5) is 17.4 Å². The van der Waals surface area contributed by atoms with E-state index in [4.69, 9.17) is 4.42 Å². The molecule has 0 aliphatic rings. The number of aromatic nitrogens is 2. The van der Waals surface area contributed by atoms with Gasteiger partial charge in [0.2, 0.25) is 5.89 Å². The lowest BCUT2D eigenvalue weighted by atomic mass is 10.3. The zero-order valence-electron chi connectivity index (χ0n) is 10.7. The number of nitro groups is 1. The zero-order chi connectivity index (χ0) is 14.7. The number of anilines is 2. The highest BCUT2D eigenvalue weighted by Crippen LogP contribution is 2.20. The van der Waals surface area contributed by atoms with E-state index < -0.39 is 4.92 Å². The van der Waals surface area contributed by atoms with Crippen LogP contribution in [0.5, 0.6) is 0 Å². The van der Waals surface area contributed by atoms with Crippen molar-refractivity contribution in [1.29, 1.82) is 0 Å². The zero-order valence-corrected chi connectivity index (χ0v) is 11.5. The van der Waals surface area contributed by atoms with Crippen LogP contribution in [0.3, 0.4) is 0 Å². The van der Waals surface area contributed by atoms with Gasteiger partial charge in [-0.3, -0.25) is 10.1 Å². The van der Waals surface area contributed by atoms with Gasteiger partial charge in [-0.1, -0.05) is 11.2 Å². The minimum Gasteiger partial charge on any atom is -0.408 e. The summed E-state index contributed by atoms with van der Waals surface area (Å²) >= 11 is 1.62. The molecule has 0 saturated carbocycles. The van der Waals surface area contributed by atoms with Gasteiger partial charge in [-0.05, 0) is 23.6 Å². The van der Waals surface area contributed by atoms with E-state index in [-0.39, 0.29) is 11.7 Å². The molecule has 0 bridgehead atoms. The molecule has 0 fully saturated rings. The molecule has 3 aromatic rings.